The summed E-state index contributed by atoms with van der Waals surface area (Å²) < 4.78 is 16.8. The molecule has 1 amide bonds. The monoisotopic (exact) mass is 553 g/mol. The van der Waals surface area contributed by atoms with Gasteiger partial charge in [-0.25, -0.2) is 10.2 Å². The number of amides is 1. The summed E-state index contributed by atoms with van der Waals surface area (Å²) in [6, 6.07) is 8.67. The Balaban J connectivity index is 1.74. The Bertz CT molecular complexity index is 1220. The normalized spacial score (nSPS) is 10.9. The highest BCUT2D eigenvalue weighted by atomic mass is 127. The molecule has 11 nitrogen and oxygen atoms in total. The van der Waals surface area contributed by atoms with Gasteiger partial charge >= 0.3 is 11.9 Å². The first kappa shape index (κ1) is 23.0. The van der Waals surface area contributed by atoms with E-state index in [0.29, 0.717) is 38.2 Å². The zero-order valence-electron chi connectivity index (χ0n) is 16.5. The summed E-state index contributed by atoms with van der Waals surface area (Å²) in [5.41, 5.74) is 3.11. The van der Waals surface area contributed by atoms with Crippen LogP contribution in [0.2, 0.25) is 0 Å². The van der Waals surface area contributed by atoms with Gasteiger partial charge in [0.15, 0.2) is 23.9 Å². The zero-order valence-corrected chi connectivity index (χ0v) is 18.7. The molecule has 0 saturated carbocycles. The largest absolute Gasteiger partial charge is 0.490 e. The molecule has 0 spiro atoms. The lowest BCUT2D eigenvalue weighted by Gasteiger charge is -2.13. The van der Waals surface area contributed by atoms with Crippen molar-refractivity contribution in [2.45, 2.75) is 6.92 Å². The van der Waals surface area contributed by atoms with Crippen molar-refractivity contribution in [2.24, 2.45) is 5.10 Å². The van der Waals surface area contributed by atoms with Crippen LogP contribution in [0.1, 0.15) is 23.0 Å². The molecule has 1 aromatic heterocycles. The van der Waals surface area contributed by atoms with Crippen molar-refractivity contribution in [1.29, 1.82) is 0 Å². The Hall–Kier alpha value is -3.68. The number of nitro groups is 1. The van der Waals surface area contributed by atoms with Crippen LogP contribution in [0.5, 0.6) is 11.5 Å². The van der Waals surface area contributed by atoms with E-state index in [1.807, 2.05) is 22.6 Å². The van der Waals surface area contributed by atoms with Gasteiger partial charge in [-0.05, 0) is 59.3 Å². The number of aliphatic carboxylic acids is 1. The van der Waals surface area contributed by atoms with Crippen LogP contribution in [-0.2, 0) is 4.79 Å². The van der Waals surface area contributed by atoms with Crippen molar-refractivity contribution in [3.8, 4) is 11.5 Å². The van der Waals surface area contributed by atoms with Crippen molar-refractivity contribution >= 4 is 57.3 Å². The Kier molecular flexibility index (Phi) is 7.25. The van der Waals surface area contributed by atoms with Crippen LogP contribution >= 0.6 is 22.6 Å². The Morgan fingerprint density at radius 1 is 1.28 bits per heavy atom. The standard InChI is InChI=1S/C20H16IN3O8/c1-2-30-16-6-11(5-14(21)19(16)31-10-18(25)26)9-22-23-20(27)17-8-12-7-13(24(28)29)3-4-15(12)32-17/h3-9H,2,10H2,1H3,(H,23,27)(H,25,26)/b22-9-. The van der Waals surface area contributed by atoms with E-state index >= 15 is 0 Å². The van der Waals surface area contributed by atoms with Gasteiger partial charge in [-0.3, -0.25) is 14.9 Å². The molecule has 2 aromatic carbocycles. The molecule has 2 N–H and O–H groups in total. The van der Waals surface area contributed by atoms with E-state index in [0.717, 1.165) is 0 Å². The maximum absolute atomic E-state index is 12.3. The van der Waals surface area contributed by atoms with Crippen LogP contribution in [-0.4, -0.2) is 41.3 Å². The number of hydrogen-bond acceptors (Lipinski definition) is 8. The molecule has 12 heteroatoms. The highest BCUT2D eigenvalue weighted by molar-refractivity contribution is 14.1. The number of hydrogen-bond donors (Lipinski definition) is 2. The lowest BCUT2D eigenvalue weighted by Crippen LogP contribution is -2.16. The maximum Gasteiger partial charge on any atom is 0.341 e. The SMILES string of the molecule is CCOc1cc(/C=N\NC(=O)c2cc3cc([N+](=O)[O-])ccc3o2)cc(I)c1OCC(=O)O. The fourth-order valence-electron chi connectivity index (χ4n) is 2.68. The highest BCUT2D eigenvalue weighted by Gasteiger charge is 2.15. The first-order valence-electron chi connectivity index (χ1n) is 9.10. The van der Waals surface area contributed by atoms with E-state index in [9.17, 15) is 19.7 Å². The maximum atomic E-state index is 12.3. The number of non-ortho nitro benzene ring substituents is 1. The number of carbonyl (C=O) groups is 2. The van der Waals surface area contributed by atoms with Crippen LogP contribution in [0.25, 0.3) is 11.0 Å². The fraction of sp³-hybridized carbons (Fsp3) is 0.150. The average Bonchev–Trinajstić information content (AvgIpc) is 3.16. The summed E-state index contributed by atoms with van der Waals surface area (Å²) in [5.74, 6) is -1.17. The number of furan rings is 1. The number of ether oxygens (including phenoxy) is 2. The number of hydrazone groups is 1. The van der Waals surface area contributed by atoms with Crippen molar-refractivity contribution < 1.29 is 33.5 Å². The van der Waals surface area contributed by atoms with Crippen molar-refractivity contribution in [3.05, 3.63) is 61.4 Å². The Labute approximate surface area is 194 Å². The third kappa shape index (κ3) is 5.51. The van der Waals surface area contributed by atoms with Gasteiger partial charge in [0.2, 0.25) is 0 Å². The minimum absolute atomic E-state index is 0.0559. The van der Waals surface area contributed by atoms with Gasteiger partial charge in [0.25, 0.3) is 5.69 Å². The van der Waals surface area contributed by atoms with Gasteiger partial charge in [-0.1, -0.05) is 0 Å². The quantitative estimate of drug-likeness (QED) is 0.177. The van der Waals surface area contributed by atoms with E-state index in [1.54, 1.807) is 19.1 Å². The predicted molar refractivity (Wildman–Crippen MR) is 121 cm³/mol. The minimum Gasteiger partial charge on any atom is -0.490 e. The Morgan fingerprint density at radius 2 is 2.06 bits per heavy atom. The molecule has 166 valence electrons. The number of nitrogens with one attached hydrogen (secondary N) is 1. The second kappa shape index (κ2) is 10.1. The van der Waals surface area contributed by atoms with Gasteiger partial charge in [0, 0.05) is 17.5 Å². The van der Waals surface area contributed by atoms with Gasteiger partial charge < -0.3 is 19.0 Å². The van der Waals surface area contributed by atoms with Crippen molar-refractivity contribution in [3.63, 3.8) is 0 Å². The lowest BCUT2D eigenvalue weighted by molar-refractivity contribution is -0.384. The second-order valence-corrected chi connectivity index (χ2v) is 7.40. The lowest BCUT2D eigenvalue weighted by atomic mass is 10.2. The molecular formula is C20H16IN3O8. The number of fused-ring (bicyclic) bond motifs is 1. The molecule has 0 aliphatic rings. The molecule has 1 heterocycles. The minimum atomic E-state index is -1.11. The number of nitrogens with zero attached hydrogens (tertiary/aromatic N) is 2. The van der Waals surface area contributed by atoms with Gasteiger partial charge in [-0.2, -0.15) is 5.10 Å². The number of halogens is 1. The molecular weight excluding hydrogens is 537 g/mol. The van der Waals surface area contributed by atoms with Crippen molar-refractivity contribution in [2.75, 3.05) is 13.2 Å². The number of nitro benzene ring substituents is 1. The number of benzene rings is 2. The number of rotatable bonds is 9. The molecule has 32 heavy (non-hydrogen) atoms. The van der Waals surface area contributed by atoms with E-state index in [1.165, 1.54) is 30.5 Å². The molecule has 0 unspecified atom stereocenters. The second-order valence-electron chi connectivity index (χ2n) is 6.23. The fourth-order valence-corrected chi connectivity index (χ4v) is 3.46. The van der Waals surface area contributed by atoms with E-state index in [4.69, 9.17) is 19.0 Å². The predicted octanol–water partition coefficient (Wildman–Crippen LogP) is 3.57. The molecule has 0 radical (unpaired) electrons. The zero-order chi connectivity index (χ0) is 23.3. The summed E-state index contributed by atoms with van der Waals surface area (Å²) in [4.78, 5) is 33.4. The third-order valence-electron chi connectivity index (χ3n) is 3.99. The van der Waals surface area contributed by atoms with E-state index in [-0.39, 0.29) is 11.4 Å². The average molecular weight is 553 g/mol. The summed E-state index contributed by atoms with van der Waals surface area (Å²) in [6.07, 6.45) is 1.37. The summed E-state index contributed by atoms with van der Waals surface area (Å²) >= 11 is 1.98. The number of carboxylic acid groups (broad SMARTS) is 1. The summed E-state index contributed by atoms with van der Waals surface area (Å²) in [6.45, 7) is 1.60. The third-order valence-corrected chi connectivity index (χ3v) is 4.79. The smallest absolute Gasteiger partial charge is 0.341 e. The summed E-state index contributed by atoms with van der Waals surface area (Å²) in [7, 11) is 0. The van der Waals surface area contributed by atoms with Gasteiger partial charge in [0.05, 0.1) is 21.3 Å². The first-order valence-corrected chi connectivity index (χ1v) is 10.2. The topological polar surface area (TPSA) is 154 Å². The number of carbonyl (C=O) groups excluding carboxylic acids is 1. The highest BCUT2D eigenvalue weighted by Crippen LogP contribution is 2.34. The summed E-state index contributed by atoms with van der Waals surface area (Å²) in [5, 5.41) is 24.0. The molecule has 3 rings (SSSR count). The van der Waals surface area contributed by atoms with Crippen molar-refractivity contribution in [1.82, 2.24) is 5.43 Å². The Morgan fingerprint density at radius 3 is 2.75 bits per heavy atom. The van der Waals surface area contributed by atoms with Crippen LogP contribution in [0.4, 0.5) is 5.69 Å². The molecule has 0 aliphatic carbocycles. The number of carboxylic acids is 1. The van der Waals surface area contributed by atoms with E-state index < -0.39 is 23.4 Å². The van der Waals surface area contributed by atoms with Crippen LogP contribution < -0.4 is 14.9 Å². The first-order chi connectivity index (χ1) is 15.3. The van der Waals surface area contributed by atoms with E-state index in [2.05, 4.69) is 10.5 Å². The van der Waals surface area contributed by atoms with Gasteiger partial charge in [-0.15, -0.1) is 0 Å². The van der Waals surface area contributed by atoms with Crippen LogP contribution in [0, 0.1) is 13.7 Å². The molecule has 0 atom stereocenters. The van der Waals surface area contributed by atoms with Crippen LogP contribution in [0.15, 0.2) is 45.9 Å². The molecule has 3 aromatic rings. The van der Waals surface area contributed by atoms with Gasteiger partial charge in [0.1, 0.15) is 5.58 Å². The van der Waals surface area contributed by atoms with Crippen LogP contribution in [0.3, 0.4) is 0 Å². The molecule has 0 fully saturated rings. The molecule has 0 bridgehead atoms. The molecule has 0 aliphatic heterocycles. The molecule has 0 saturated heterocycles.